The zero-order valence-corrected chi connectivity index (χ0v) is 17.4. The first-order valence-corrected chi connectivity index (χ1v) is 10.5. The first-order chi connectivity index (χ1) is 15.7. The largest absolute Gasteiger partial charge is 0.426 e. The summed E-state index contributed by atoms with van der Waals surface area (Å²) in [5.74, 6) is 0.187. The van der Waals surface area contributed by atoms with Crippen LogP contribution < -0.4 is 4.74 Å². The molecule has 1 heterocycles. The molecule has 5 aromatic carbocycles. The van der Waals surface area contributed by atoms with E-state index in [9.17, 15) is 4.79 Å². The molecule has 4 nitrogen and oxygen atoms in total. The number of rotatable bonds is 2. The van der Waals surface area contributed by atoms with Crippen LogP contribution in [-0.4, -0.2) is 15.9 Å². The summed E-state index contributed by atoms with van der Waals surface area (Å²) >= 11 is 0. The van der Waals surface area contributed by atoms with Gasteiger partial charge in [0.2, 0.25) is 0 Å². The van der Waals surface area contributed by atoms with Crippen LogP contribution in [0.5, 0.6) is 5.75 Å². The molecule has 0 N–H and O–H groups in total. The van der Waals surface area contributed by atoms with Gasteiger partial charge in [0.05, 0.1) is 22.1 Å². The number of benzene rings is 5. The Morgan fingerprint density at radius 3 is 2.12 bits per heavy atom. The summed E-state index contributed by atoms with van der Waals surface area (Å²) in [6.45, 7) is 1.43. The van der Waals surface area contributed by atoms with Gasteiger partial charge in [-0.1, -0.05) is 66.7 Å². The number of esters is 1. The van der Waals surface area contributed by atoms with Crippen LogP contribution in [0.4, 0.5) is 0 Å². The summed E-state index contributed by atoms with van der Waals surface area (Å²) in [5.41, 5.74) is 5.22. The molecule has 4 heteroatoms. The molecule has 0 saturated carbocycles. The molecule has 6 rings (SSSR count). The minimum Gasteiger partial charge on any atom is -0.426 e. The number of carbonyl (C=O) groups is 1. The third-order valence-electron chi connectivity index (χ3n) is 5.76. The van der Waals surface area contributed by atoms with Crippen molar-refractivity contribution >= 4 is 49.6 Å². The van der Waals surface area contributed by atoms with Crippen molar-refractivity contribution in [1.29, 1.82) is 0 Å². The van der Waals surface area contributed by atoms with Crippen molar-refractivity contribution in [2.24, 2.45) is 0 Å². The fourth-order valence-electron chi connectivity index (χ4n) is 4.43. The van der Waals surface area contributed by atoms with Gasteiger partial charge in [-0.05, 0) is 46.0 Å². The second-order valence-corrected chi connectivity index (χ2v) is 7.80. The van der Waals surface area contributed by atoms with Crippen molar-refractivity contribution in [3.8, 4) is 16.9 Å². The molecular formula is C28H18N2O2. The normalized spacial score (nSPS) is 11.4. The van der Waals surface area contributed by atoms with Gasteiger partial charge >= 0.3 is 5.97 Å². The lowest BCUT2D eigenvalue weighted by atomic mass is 9.92. The van der Waals surface area contributed by atoms with Gasteiger partial charge in [-0.15, -0.1) is 0 Å². The first-order valence-electron chi connectivity index (χ1n) is 10.5. The Morgan fingerprint density at radius 2 is 1.34 bits per heavy atom. The first kappa shape index (κ1) is 18.5. The van der Waals surface area contributed by atoms with Crippen molar-refractivity contribution in [3.05, 3.63) is 91.0 Å². The van der Waals surface area contributed by atoms with E-state index in [1.807, 2.05) is 60.7 Å². The molecule has 0 aliphatic rings. The standard InChI is InChI=1S/C28H18N2O2/c1-17(31)32-26-15-14-18-8-2-3-9-19(18)27(26)22-16-25-28(21-11-5-4-10-20(21)22)30-24-13-7-6-12-23(24)29-25/h2-16H,1H3. The summed E-state index contributed by atoms with van der Waals surface area (Å²) < 4.78 is 5.66. The molecule has 0 bridgehead atoms. The van der Waals surface area contributed by atoms with Crippen LogP contribution in [0, 0.1) is 0 Å². The molecule has 0 saturated heterocycles. The van der Waals surface area contributed by atoms with Gasteiger partial charge in [-0.2, -0.15) is 0 Å². The molecule has 6 aromatic rings. The molecule has 0 unspecified atom stereocenters. The Kier molecular flexibility index (Phi) is 4.12. The van der Waals surface area contributed by atoms with Crippen molar-refractivity contribution < 1.29 is 9.53 Å². The number of fused-ring (bicyclic) bond motifs is 5. The van der Waals surface area contributed by atoms with E-state index in [1.165, 1.54) is 6.92 Å². The SMILES string of the molecule is CC(=O)Oc1ccc2ccccc2c1-c1cc2nc3ccccc3nc2c2ccccc12. The molecular weight excluding hydrogens is 396 g/mol. The van der Waals surface area contributed by atoms with E-state index < -0.39 is 0 Å². The van der Waals surface area contributed by atoms with E-state index in [0.29, 0.717) is 5.75 Å². The molecule has 1 aromatic heterocycles. The minimum absolute atomic E-state index is 0.350. The van der Waals surface area contributed by atoms with E-state index in [4.69, 9.17) is 14.7 Å². The average Bonchev–Trinajstić information content (AvgIpc) is 2.82. The van der Waals surface area contributed by atoms with E-state index >= 15 is 0 Å². The maximum absolute atomic E-state index is 11.9. The van der Waals surface area contributed by atoms with Gasteiger partial charge < -0.3 is 4.74 Å². The Labute approximate surface area is 184 Å². The van der Waals surface area contributed by atoms with Crippen LogP contribution in [0.1, 0.15) is 6.92 Å². The second-order valence-electron chi connectivity index (χ2n) is 7.80. The highest BCUT2D eigenvalue weighted by Crippen LogP contribution is 2.42. The van der Waals surface area contributed by atoms with Crippen LogP contribution in [0.15, 0.2) is 91.0 Å². The van der Waals surface area contributed by atoms with Crippen LogP contribution in [0.3, 0.4) is 0 Å². The molecule has 0 aliphatic heterocycles. The molecule has 0 spiro atoms. The summed E-state index contributed by atoms with van der Waals surface area (Å²) in [4.78, 5) is 21.8. The third-order valence-corrected chi connectivity index (χ3v) is 5.76. The van der Waals surface area contributed by atoms with Crippen LogP contribution in [0.25, 0.3) is 54.7 Å². The predicted molar refractivity (Wildman–Crippen MR) is 129 cm³/mol. The summed E-state index contributed by atoms with van der Waals surface area (Å²) in [7, 11) is 0. The number of para-hydroxylation sites is 2. The second kappa shape index (κ2) is 7.13. The molecule has 152 valence electrons. The highest BCUT2D eigenvalue weighted by Gasteiger charge is 2.18. The van der Waals surface area contributed by atoms with Gasteiger partial charge in [0, 0.05) is 17.9 Å². The highest BCUT2D eigenvalue weighted by molar-refractivity contribution is 6.16. The van der Waals surface area contributed by atoms with E-state index in [2.05, 4.69) is 30.3 Å². The summed E-state index contributed by atoms with van der Waals surface area (Å²) in [5, 5.41) is 4.14. The minimum atomic E-state index is -0.350. The molecule has 0 amide bonds. The molecule has 0 atom stereocenters. The number of carbonyl (C=O) groups excluding carboxylic acids is 1. The third kappa shape index (κ3) is 2.88. The van der Waals surface area contributed by atoms with Gasteiger partial charge in [0.25, 0.3) is 0 Å². The van der Waals surface area contributed by atoms with E-state index in [-0.39, 0.29) is 5.97 Å². The smallest absolute Gasteiger partial charge is 0.308 e. The monoisotopic (exact) mass is 414 g/mol. The van der Waals surface area contributed by atoms with Gasteiger partial charge in [-0.25, -0.2) is 9.97 Å². The lowest BCUT2D eigenvalue weighted by Crippen LogP contribution is -2.03. The maximum Gasteiger partial charge on any atom is 0.308 e. The Hall–Kier alpha value is -4.31. The Balaban J connectivity index is 1.79. The zero-order chi connectivity index (χ0) is 21.7. The van der Waals surface area contributed by atoms with Gasteiger partial charge in [0.1, 0.15) is 5.75 Å². The number of nitrogens with zero attached hydrogens (tertiary/aromatic N) is 2. The highest BCUT2D eigenvalue weighted by atomic mass is 16.5. The molecule has 0 radical (unpaired) electrons. The number of ether oxygens (including phenoxy) is 1. The topological polar surface area (TPSA) is 52.1 Å². The van der Waals surface area contributed by atoms with E-state index in [0.717, 1.165) is 54.7 Å². The average molecular weight is 414 g/mol. The number of hydrogen-bond donors (Lipinski definition) is 0. The summed E-state index contributed by atoms with van der Waals surface area (Å²) in [6, 6.07) is 30.1. The van der Waals surface area contributed by atoms with Crippen molar-refractivity contribution in [2.75, 3.05) is 0 Å². The van der Waals surface area contributed by atoms with Crippen molar-refractivity contribution in [3.63, 3.8) is 0 Å². The van der Waals surface area contributed by atoms with Gasteiger partial charge in [-0.3, -0.25) is 4.79 Å². The van der Waals surface area contributed by atoms with Crippen molar-refractivity contribution in [1.82, 2.24) is 9.97 Å². The lowest BCUT2D eigenvalue weighted by Gasteiger charge is -2.16. The van der Waals surface area contributed by atoms with E-state index in [1.54, 1.807) is 0 Å². The van der Waals surface area contributed by atoms with Crippen LogP contribution >= 0.6 is 0 Å². The number of aromatic nitrogens is 2. The predicted octanol–water partition coefficient (Wildman–Crippen LogP) is 6.68. The van der Waals surface area contributed by atoms with Gasteiger partial charge in [0.15, 0.2) is 0 Å². The van der Waals surface area contributed by atoms with Crippen LogP contribution in [0.2, 0.25) is 0 Å². The molecule has 0 aliphatic carbocycles. The molecule has 0 fully saturated rings. The molecule has 32 heavy (non-hydrogen) atoms. The fraction of sp³-hybridized carbons (Fsp3) is 0.0357. The zero-order valence-electron chi connectivity index (χ0n) is 17.4. The summed E-state index contributed by atoms with van der Waals surface area (Å²) in [6.07, 6.45) is 0. The Bertz CT molecular complexity index is 1690. The Morgan fingerprint density at radius 1 is 0.688 bits per heavy atom. The van der Waals surface area contributed by atoms with Crippen molar-refractivity contribution in [2.45, 2.75) is 6.92 Å². The van der Waals surface area contributed by atoms with Crippen LogP contribution in [-0.2, 0) is 4.79 Å². The quantitative estimate of drug-likeness (QED) is 0.137. The fourth-order valence-corrected chi connectivity index (χ4v) is 4.43. The lowest BCUT2D eigenvalue weighted by molar-refractivity contribution is -0.131. The number of hydrogen-bond acceptors (Lipinski definition) is 4. The maximum atomic E-state index is 11.9.